The van der Waals surface area contributed by atoms with Crippen LogP contribution >= 0.6 is 11.6 Å². The van der Waals surface area contributed by atoms with E-state index in [0.717, 1.165) is 5.56 Å². The van der Waals surface area contributed by atoms with Crippen LogP contribution in [0.15, 0.2) is 12.1 Å². The number of ether oxygens (including phenoxy) is 1. The van der Waals surface area contributed by atoms with E-state index in [1.165, 1.54) is 7.11 Å². The Hall–Kier alpha value is -1.06. The van der Waals surface area contributed by atoms with Crippen molar-refractivity contribution in [1.82, 2.24) is 0 Å². The summed E-state index contributed by atoms with van der Waals surface area (Å²) in [6.07, 6.45) is 0. The van der Waals surface area contributed by atoms with Gasteiger partial charge in [0.1, 0.15) is 5.75 Å². The molecule has 2 N–H and O–H groups in total. The van der Waals surface area contributed by atoms with Gasteiger partial charge in [0.15, 0.2) is 5.78 Å². The smallest absolute Gasteiger partial charge is 0.182 e. The number of aryl methyl sites for hydroxylation is 1. The summed E-state index contributed by atoms with van der Waals surface area (Å²) in [7, 11) is 1.51. The first-order valence-electron chi connectivity index (χ1n) is 4.61. The fourth-order valence-corrected chi connectivity index (χ4v) is 1.43. The van der Waals surface area contributed by atoms with Crippen LogP contribution in [0.1, 0.15) is 22.8 Å². The highest BCUT2D eigenvalue weighted by Gasteiger charge is 2.17. The van der Waals surface area contributed by atoms with Crippen LogP contribution in [-0.4, -0.2) is 18.9 Å². The van der Waals surface area contributed by atoms with Crippen LogP contribution in [-0.2, 0) is 0 Å². The zero-order valence-electron chi connectivity index (χ0n) is 9.00. The van der Waals surface area contributed by atoms with Crippen molar-refractivity contribution >= 4 is 17.4 Å². The summed E-state index contributed by atoms with van der Waals surface area (Å²) in [6.45, 7) is 3.49. The molecule has 4 heteroatoms. The Morgan fingerprint density at radius 1 is 1.53 bits per heavy atom. The predicted molar refractivity (Wildman–Crippen MR) is 60.7 cm³/mol. The molecule has 0 heterocycles. The standard InChI is InChI=1S/C11H14ClNO2/c1-6-4-10(15-3)8(5-9(6)12)11(14)7(2)13/h4-5,7H,13H2,1-3H3. The predicted octanol–water partition coefficient (Wildman–Crippen LogP) is 2.19. The van der Waals surface area contributed by atoms with Crippen LogP contribution < -0.4 is 10.5 Å². The van der Waals surface area contributed by atoms with Crippen molar-refractivity contribution in [3.05, 3.63) is 28.3 Å². The van der Waals surface area contributed by atoms with Crippen molar-refractivity contribution in [1.29, 1.82) is 0 Å². The molecule has 0 saturated carbocycles. The SMILES string of the molecule is COc1cc(C)c(Cl)cc1C(=O)C(C)N. The summed E-state index contributed by atoms with van der Waals surface area (Å²) in [6, 6.07) is 2.77. The van der Waals surface area contributed by atoms with Gasteiger partial charge in [0, 0.05) is 5.02 Å². The molecule has 82 valence electrons. The van der Waals surface area contributed by atoms with Crippen molar-refractivity contribution in [2.45, 2.75) is 19.9 Å². The Morgan fingerprint density at radius 2 is 2.13 bits per heavy atom. The molecule has 0 aromatic heterocycles. The molecule has 0 fully saturated rings. The molecule has 1 aromatic rings. The quantitative estimate of drug-likeness (QED) is 0.806. The maximum absolute atomic E-state index is 11.7. The molecule has 1 rings (SSSR count). The Kier molecular flexibility index (Phi) is 3.72. The molecule has 0 bridgehead atoms. The average molecular weight is 228 g/mol. The monoisotopic (exact) mass is 227 g/mol. The first-order chi connectivity index (χ1) is 6.97. The lowest BCUT2D eigenvalue weighted by atomic mass is 10.0. The molecule has 0 saturated heterocycles. The average Bonchev–Trinajstić information content (AvgIpc) is 2.20. The van der Waals surface area contributed by atoms with E-state index in [-0.39, 0.29) is 5.78 Å². The summed E-state index contributed by atoms with van der Waals surface area (Å²) in [5.41, 5.74) is 6.84. The van der Waals surface area contributed by atoms with Gasteiger partial charge in [-0.1, -0.05) is 11.6 Å². The van der Waals surface area contributed by atoms with Crippen LogP contribution in [0.3, 0.4) is 0 Å². The first-order valence-corrected chi connectivity index (χ1v) is 4.99. The summed E-state index contributed by atoms with van der Waals surface area (Å²) in [5.74, 6) is 0.341. The third-order valence-electron chi connectivity index (χ3n) is 2.16. The zero-order chi connectivity index (χ0) is 11.6. The first kappa shape index (κ1) is 12.0. The molecule has 0 aliphatic carbocycles. The number of rotatable bonds is 3. The van der Waals surface area contributed by atoms with Gasteiger partial charge in [-0.25, -0.2) is 0 Å². The molecule has 1 atom stereocenters. The van der Waals surface area contributed by atoms with E-state index in [1.807, 2.05) is 6.92 Å². The minimum atomic E-state index is -0.558. The lowest BCUT2D eigenvalue weighted by Crippen LogP contribution is -2.27. The number of hydrogen-bond donors (Lipinski definition) is 1. The minimum Gasteiger partial charge on any atom is -0.496 e. The number of halogens is 1. The third kappa shape index (κ3) is 2.49. The Balaban J connectivity index is 3.27. The lowest BCUT2D eigenvalue weighted by molar-refractivity contribution is 0.0965. The van der Waals surface area contributed by atoms with Gasteiger partial charge in [-0.3, -0.25) is 4.79 Å². The molecule has 15 heavy (non-hydrogen) atoms. The highest BCUT2D eigenvalue weighted by Crippen LogP contribution is 2.27. The zero-order valence-corrected chi connectivity index (χ0v) is 9.76. The van der Waals surface area contributed by atoms with E-state index >= 15 is 0 Å². The number of hydrogen-bond acceptors (Lipinski definition) is 3. The maximum Gasteiger partial charge on any atom is 0.182 e. The van der Waals surface area contributed by atoms with Crippen LogP contribution in [0.25, 0.3) is 0 Å². The van der Waals surface area contributed by atoms with Crippen LogP contribution in [0.2, 0.25) is 5.02 Å². The van der Waals surface area contributed by atoms with Crippen molar-refractivity contribution in [3.63, 3.8) is 0 Å². The van der Waals surface area contributed by atoms with Crippen molar-refractivity contribution in [2.24, 2.45) is 5.73 Å². The van der Waals surface area contributed by atoms with Crippen molar-refractivity contribution in [2.75, 3.05) is 7.11 Å². The molecule has 0 aliphatic heterocycles. The molecular weight excluding hydrogens is 214 g/mol. The highest BCUT2D eigenvalue weighted by atomic mass is 35.5. The Morgan fingerprint density at radius 3 is 2.60 bits per heavy atom. The van der Waals surface area contributed by atoms with E-state index in [0.29, 0.717) is 16.3 Å². The van der Waals surface area contributed by atoms with Crippen molar-refractivity contribution in [3.8, 4) is 5.75 Å². The lowest BCUT2D eigenvalue weighted by Gasteiger charge is -2.11. The van der Waals surface area contributed by atoms with Crippen LogP contribution in [0, 0.1) is 6.92 Å². The van der Waals surface area contributed by atoms with Crippen LogP contribution in [0.5, 0.6) is 5.75 Å². The molecule has 0 aliphatic rings. The Labute approximate surface area is 94.2 Å². The number of nitrogens with two attached hydrogens (primary N) is 1. The molecule has 0 amide bonds. The summed E-state index contributed by atoms with van der Waals surface area (Å²) in [4.78, 5) is 11.7. The normalized spacial score (nSPS) is 12.3. The third-order valence-corrected chi connectivity index (χ3v) is 2.57. The van der Waals surface area contributed by atoms with Gasteiger partial charge in [-0.05, 0) is 31.5 Å². The topological polar surface area (TPSA) is 52.3 Å². The highest BCUT2D eigenvalue weighted by molar-refractivity contribution is 6.31. The summed E-state index contributed by atoms with van der Waals surface area (Å²) < 4.78 is 5.12. The van der Waals surface area contributed by atoms with Gasteiger partial charge in [-0.2, -0.15) is 0 Å². The van der Waals surface area contributed by atoms with Gasteiger partial charge in [-0.15, -0.1) is 0 Å². The molecular formula is C11H14ClNO2. The van der Waals surface area contributed by atoms with Crippen LogP contribution in [0.4, 0.5) is 0 Å². The summed E-state index contributed by atoms with van der Waals surface area (Å²) in [5, 5.41) is 0.541. The van der Waals surface area contributed by atoms with Gasteiger partial charge >= 0.3 is 0 Å². The van der Waals surface area contributed by atoms with Gasteiger partial charge < -0.3 is 10.5 Å². The molecule has 0 spiro atoms. The number of ketones is 1. The number of benzene rings is 1. The van der Waals surface area contributed by atoms with Crippen molar-refractivity contribution < 1.29 is 9.53 Å². The van der Waals surface area contributed by atoms with Gasteiger partial charge in [0.2, 0.25) is 0 Å². The number of Topliss-reactive ketones (excluding diaryl/α,β-unsaturated/α-hetero) is 1. The molecule has 1 unspecified atom stereocenters. The second-order valence-electron chi connectivity index (χ2n) is 3.45. The van der Waals surface area contributed by atoms with E-state index in [4.69, 9.17) is 22.1 Å². The van der Waals surface area contributed by atoms with Gasteiger partial charge in [0.05, 0.1) is 18.7 Å². The molecule has 1 aromatic carbocycles. The largest absolute Gasteiger partial charge is 0.496 e. The number of carbonyl (C=O) groups is 1. The molecule has 0 radical (unpaired) electrons. The van der Waals surface area contributed by atoms with Gasteiger partial charge in [0.25, 0.3) is 0 Å². The fraction of sp³-hybridized carbons (Fsp3) is 0.364. The molecule has 3 nitrogen and oxygen atoms in total. The number of methoxy groups -OCH3 is 1. The van der Waals surface area contributed by atoms with E-state index < -0.39 is 6.04 Å². The maximum atomic E-state index is 11.7. The van der Waals surface area contributed by atoms with E-state index in [2.05, 4.69) is 0 Å². The second kappa shape index (κ2) is 4.64. The summed E-state index contributed by atoms with van der Waals surface area (Å²) >= 11 is 5.94. The fourth-order valence-electron chi connectivity index (χ4n) is 1.26. The minimum absolute atomic E-state index is 0.172. The Bertz CT molecular complexity index is 388. The van der Waals surface area contributed by atoms with E-state index in [9.17, 15) is 4.79 Å². The number of carbonyl (C=O) groups excluding carboxylic acids is 1. The van der Waals surface area contributed by atoms with E-state index in [1.54, 1.807) is 19.1 Å². The second-order valence-corrected chi connectivity index (χ2v) is 3.86.